The lowest BCUT2D eigenvalue weighted by molar-refractivity contribution is 0.0352. The minimum atomic E-state index is -0.543. The second-order valence-corrected chi connectivity index (χ2v) is 18.0. The first-order chi connectivity index (χ1) is 28.7. The van der Waals surface area contributed by atoms with Crippen LogP contribution in [0.15, 0.2) is 48.5 Å². The number of benzene rings is 5. The number of hydrogen-bond donors (Lipinski definition) is 1. The summed E-state index contributed by atoms with van der Waals surface area (Å²) in [6, 6.07) is 15.4. The van der Waals surface area contributed by atoms with Crippen molar-refractivity contribution < 1.29 is 24.3 Å². The number of aliphatic hydroxyl groups excluding tert-OH is 1. The van der Waals surface area contributed by atoms with Gasteiger partial charge in [-0.3, -0.25) is 29.0 Å². The number of carbonyl (C=O) groups is 4. The van der Waals surface area contributed by atoms with Crippen LogP contribution < -0.4 is 0 Å². The lowest BCUT2D eigenvalue weighted by atomic mass is 9.77. The minimum Gasteiger partial charge on any atom is -0.396 e. The Morgan fingerprint density at radius 2 is 0.814 bits per heavy atom. The van der Waals surface area contributed by atoms with Gasteiger partial charge in [0.1, 0.15) is 0 Å². The number of imide groups is 2. The van der Waals surface area contributed by atoms with Crippen molar-refractivity contribution in [2.45, 2.75) is 162 Å². The molecular weight excluding hydrogens is 733 g/mol. The molecule has 0 unspecified atom stereocenters. The van der Waals surface area contributed by atoms with Gasteiger partial charge in [0.05, 0.1) is 6.61 Å². The highest BCUT2D eigenvalue weighted by Gasteiger charge is 2.41. The van der Waals surface area contributed by atoms with Gasteiger partial charge in [0, 0.05) is 51.0 Å². The molecule has 0 atom stereocenters. The third kappa shape index (κ3) is 8.01. The number of fused-ring (bicyclic) bond motifs is 2. The Balaban J connectivity index is 1.28. The van der Waals surface area contributed by atoms with E-state index in [0.29, 0.717) is 33.0 Å². The highest BCUT2D eigenvalue weighted by molar-refractivity contribution is 6.41. The number of hydrogen-bond acceptors (Lipinski definition) is 5. The highest BCUT2D eigenvalue weighted by atomic mass is 16.3. The first kappa shape index (κ1) is 42.8. The molecule has 5 aromatic rings. The molecule has 0 saturated heterocycles. The van der Waals surface area contributed by atoms with E-state index in [0.717, 1.165) is 161 Å². The molecule has 0 aromatic heterocycles. The SMILES string of the molecule is CCCCCCC(CCCCCC)N1C(=O)c2ccc3c4ccc5c6c(ccc(c7ccc(c2c37)C1=O)c64)C(=O)N(CC(CO)(CCCCCC)CCCCCC)C5=O. The van der Waals surface area contributed by atoms with Crippen molar-refractivity contribution in [2.24, 2.45) is 5.41 Å². The van der Waals surface area contributed by atoms with Gasteiger partial charge in [-0.15, -0.1) is 0 Å². The lowest BCUT2D eigenvalue weighted by Gasteiger charge is -2.38. The summed E-state index contributed by atoms with van der Waals surface area (Å²) in [6.07, 6.45) is 20.5. The maximum Gasteiger partial charge on any atom is 0.261 e. The van der Waals surface area contributed by atoms with Crippen molar-refractivity contribution in [3.63, 3.8) is 0 Å². The summed E-state index contributed by atoms with van der Waals surface area (Å²) >= 11 is 0. The van der Waals surface area contributed by atoms with Crippen LogP contribution >= 0.6 is 0 Å². The van der Waals surface area contributed by atoms with E-state index in [2.05, 4.69) is 27.7 Å². The van der Waals surface area contributed by atoms with Gasteiger partial charge < -0.3 is 5.11 Å². The number of aliphatic hydroxyl groups is 1. The van der Waals surface area contributed by atoms with Crippen molar-refractivity contribution in [1.82, 2.24) is 9.80 Å². The van der Waals surface area contributed by atoms with Gasteiger partial charge in [0.25, 0.3) is 23.6 Å². The second-order valence-electron chi connectivity index (χ2n) is 18.0. The Kier molecular flexibility index (Phi) is 13.7. The molecule has 7 rings (SSSR count). The van der Waals surface area contributed by atoms with E-state index in [1.165, 1.54) is 4.90 Å². The molecule has 2 heterocycles. The number of amides is 4. The van der Waals surface area contributed by atoms with E-state index in [1.54, 1.807) is 4.90 Å². The van der Waals surface area contributed by atoms with E-state index in [9.17, 15) is 24.3 Å². The molecule has 2 aliphatic rings. The molecule has 5 aromatic carbocycles. The maximum atomic E-state index is 14.6. The Hall–Kier alpha value is -4.36. The van der Waals surface area contributed by atoms with Crippen LogP contribution in [-0.4, -0.2) is 57.7 Å². The molecule has 0 bridgehead atoms. The highest BCUT2D eigenvalue weighted by Crippen LogP contribution is 2.47. The fraction of sp³-hybridized carbons (Fsp3) is 0.538. The molecule has 0 aliphatic carbocycles. The fourth-order valence-corrected chi connectivity index (χ4v) is 10.5. The first-order valence-electron chi connectivity index (χ1n) is 23.3. The number of carbonyl (C=O) groups excluding carboxylic acids is 4. The molecule has 0 fully saturated rings. The maximum absolute atomic E-state index is 14.6. The van der Waals surface area contributed by atoms with Gasteiger partial charge >= 0.3 is 0 Å². The molecule has 4 amide bonds. The molecule has 0 saturated carbocycles. The van der Waals surface area contributed by atoms with Crippen LogP contribution in [-0.2, 0) is 0 Å². The summed E-state index contributed by atoms with van der Waals surface area (Å²) in [6.45, 7) is 8.91. The standard InChI is InChI=1S/C52H66N2O5/c1-5-9-13-17-21-35(22-18-14-10-6-2)54-50(58)42-29-25-38-36-23-27-40-46-41(28-24-37(44(36)46)39-26-30-43(51(54)59)47(42)45(38)39)49(57)53(48(40)56)33-52(34-55,31-19-15-11-7-3)32-20-16-12-8-4/h23-30,35,55H,5-22,31-34H2,1-4H3. The van der Waals surface area contributed by atoms with Crippen LogP contribution in [0.1, 0.15) is 198 Å². The van der Waals surface area contributed by atoms with Crippen LogP contribution in [0.5, 0.6) is 0 Å². The van der Waals surface area contributed by atoms with Crippen LogP contribution in [0.4, 0.5) is 0 Å². The molecule has 1 N–H and O–H groups in total. The van der Waals surface area contributed by atoms with Gasteiger partial charge in [-0.05, 0) is 82.3 Å². The van der Waals surface area contributed by atoms with E-state index in [4.69, 9.17) is 0 Å². The third-order valence-electron chi connectivity index (χ3n) is 13.8. The Morgan fingerprint density at radius 1 is 0.458 bits per heavy atom. The van der Waals surface area contributed by atoms with E-state index < -0.39 is 5.41 Å². The van der Waals surface area contributed by atoms with E-state index >= 15 is 0 Å². The van der Waals surface area contributed by atoms with Gasteiger partial charge in [-0.1, -0.05) is 155 Å². The molecule has 2 aliphatic heterocycles. The van der Waals surface area contributed by atoms with Gasteiger partial charge in [-0.25, -0.2) is 0 Å². The van der Waals surface area contributed by atoms with Crippen molar-refractivity contribution in [1.29, 1.82) is 0 Å². The van der Waals surface area contributed by atoms with Crippen LogP contribution in [0.2, 0.25) is 0 Å². The molecule has 314 valence electrons. The molecule has 7 heteroatoms. The average Bonchev–Trinajstić information content (AvgIpc) is 3.25. The normalized spacial score (nSPS) is 14.5. The number of rotatable bonds is 24. The minimum absolute atomic E-state index is 0.0610. The number of unbranched alkanes of at least 4 members (excludes halogenated alkanes) is 12. The zero-order chi connectivity index (χ0) is 41.7. The third-order valence-corrected chi connectivity index (χ3v) is 13.8. The van der Waals surface area contributed by atoms with E-state index in [1.807, 2.05) is 48.5 Å². The monoisotopic (exact) mass is 798 g/mol. The molecule has 59 heavy (non-hydrogen) atoms. The largest absolute Gasteiger partial charge is 0.396 e. The predicted octanol–water partition coefficient (Wildman–Crippen LogP) is 13.2. The molecule has 7 nitrogen and oxygen atoms in total. The zero-order valence-electron chi connectivity index (χ0n) is 36.2. The Morgan fingerprint density at radius 3 is 1.17 bits per heavy atom. The van der Waals surface area contributed by atoms with Crippen molar-refractivity contribution in [2.75, 3.05) is 13.2 Å². The molecule has 0 radical (unpaired) electrons. The summed E-state index contributed by atoms with van der Waals surface area (Å²) < 4.78 is 0. The summed E-state index contributed by atoms with van der Waals surface area (Å²) in [5.41, 5.74) is 1.60. The van der Waals surface area contributed by atoms with E-state index in [-0.39, 0.29) is 42.8 Å². The van der Waals surface area contributed by atoms with Crippen LogP contribution in [0, 0.1) is 5.41 Å². The quantitative estimate of drug-likeness (QED) is 0.0290. The van der Waals surface area contributed by atoms with Gasteiger partial charge in [0.15, 0.2) is 0 Å². The molecular formula is C52H66N2O5. The lowest BCUT2D eigenvalue weighted by Crippen LogP contribution is -2.48. The predicted molar refractivity (Wildman–Crippen MR) is 242 cm³/mol. The number of nitrogens with zero attached hydrogens (tertiary/aromatic N) is 2. The molecule has 0 spiro atoms. The first-order valence-corrected chi connectivity index (χ1v) is 23.3. The van der Waals surface area contributed by atoms with Crippen LogP contribution in [0.3, 0.4) is 0 Å². The topological polar surface area (TPSA) is 95.0 Å². The fourth-order valence-electron chi connectivity index (χ4n) is 10.5. The van der Waals surface area contributed by atoms with Gasteiger partial charge in [0.2, 0.25) is 0 Å². The summed E-state index contributed by atoms with van der Waals surface area (Å²) in [5.74, 6) is -1.02. The van der Waals surface area contributed by atoms with Crippen molar-refractivity contribution >= 4 is 66.7 Å². The van der Waals surface area contributed by atoms with Crippen molar-refractivity contribution in [3.8, 4) is 0 Å². The summed E-state index contributed by atoms with van der Waals surface area (Å²) in [4.78, 5) is 61.2. The van der Waals surface area contributed by atoms with Crippen LogP contribution in [0.25, 0.3) is 43.1 Å². The summed E-state index contributed by atoms with van der Waals surface area (Å²) in [7, 11) is 0. The van der Waals surface area contributed by atoms with Crippen molar-refractivity contribution in [3.05, 3.63) is 70.8 Å². The Labute approximate surface area is 351 Å². The summed E-state index contributed by atoms with van der Waals surface area (Å²) in [5, 5.41) is 17.7. The Bertz CT molecular complexity index is 2180. The zero-order valence-corrected chi connectivity index (χ0v) is 36.2. The average molecular weight is 799 g/mol. The van der Waals surface area contributed by atoms with Gasteiger partial charge in [-0.2, -0.15) is 0 Å². The second kappa shape index (κ2) is 18.9. The smallest absolute Gasteiger partial charge is 0.261 e.